The normalized spacial score (nSPS) is 27.2. The SMILES string of the molecule is CCOc1ccccc1N1C(=O)[C@@H]2[C@@H](C1=O)C1c3ccccc3C2(CO)c2ccccc21. The van der Waals surface area contributed by atoms with Gasteiger partial charge in [-0.05, 0) is 41.3 Å². The van der Waals surface area contributed by atoms with Gasteiger partial charge in [-0.25, -0.2) is 4.90 Å². The lowest BCUT2D eigenvalue weighted by Crippen LogP contribution is -2.55. The van der Waals surface area contributed by atoms with Gasteiger partial charge in [-0.15, -0.1) is 0 Å². The molecule has 1 heterocycles. The summed E-state index contributed by atoms with van der Waals surface area (Å²) in [4.78, 5) is 29.3. The van der Waals surface area contributed by atoms with Gasteiger partial charge in [-0.2, -0.15) is 0 Å². The molecule has 7 rings (SSSR count). The largest absolute Gasteiger partial charge is 0.492 e. The molecule has 2 amide bonds. The van der Waals surface area contributed by atoms with Gasteiger partial charge in [0.15, 0.2) is 0 Å². The number of imide groups is 1. The van der Waals surface area contributed by atoms with Crippen molar-refractivity contribution in [3.63, 3.8) is 0 Å². The maximum Gasteiger partial charge on any atom is 0.239 e. The zero-order chi connectivity index (χ0) is 22.0. The van der Waals surface area contributed by atoms with Gasteiger partial charge in [0.2, 0.25) is 11.8 Å². The lowest BCUT2D eigenvalue weighted by molar-refractivity contribution is -0.124. The Morgan fingerprint density at radius 3 is 2.09 bits per heavy atom. The van der Waals surface area contributed by atoms with Gasteiger partial charge in [-0.1, -0.05) is 60.7 Å². The van der Waals surface area contributed by atoms with Gasteiger partial charge in [0.05, 0.1) is 36.2 Å². The predicted octanol–water partition coefficient (Wildman–Crippen LogP) is 3.63. The second kappa shape index (κ2) is 6.78. The molecular formula is C27H23NO4. The van der Waals surface area contributed by atoms with Gasteiger partial charge < -0.3 is 9.84 Å². The number of para-hydroxylation sites is 2. The summed E-state index contributed by atoms with van der Waals surface area (Å²) in [5.41, 5.74) is 3.49. The average Bonchev–Trinajstić information content (AvgIpc) is 3.10. The lowest BCUT2D eigenvalue weighted by atomic mass is 9.47. The molecule has 3 aromatic carbocycles. The van der Waals surface area contributed by atoms with E-state index in [0.29, 0.717) is 18.0 Å². The molecule has 1 fully saturated rings. The van der Waals surface area contributed by atoms with E-state index in [1.165, 1.54) is 4.90 Å². The Morgan fingerprint density at radius 1 is 0.875 bits per heavy atom. The van der Waals surface area contributed by atoms with Crippen LogP contribution in [0.4, 0.5) is 5.69 Å². The number of benzene rings is 3. The molecule has 4 aliphatic rings. The van der Waals surface area contributed by atoms with Gasteiger partial charge in [0.1, 0.15) is 5.75 Å². The third-order valence-corrected chi connectivity index (χ3v) is 7.45. The van der Waals surface area contributed by atoms with Crippen LogP contribution in [-0.4, -0.2) is 30.1 Å². The van der Waals surface area contributed by atoms with Gasteiger partial charge >= 0.3 is 0 Å². The smallest absolute Gasteiger partial charge is 0.239 e. The summed E-state index contributed by atoms with van der Waals surface area (Å²) < 4.78 is 5.75. The van der Waals surface area contributed by atoms with Crippen molar-refractivity contribution in [3.05, 3.63) is 95.1 Å². The van der Waals surface area contributed by atoms with Crippen LogP contribution in [0.25, 0.3) is 0 Å². The van der Waals surface area contributed by atoms with Crippen molar-refractivity contribution in [2.45, 2.75) is 18.3 Å². The Bertz CT molecular complexity index is 1220. The minimum Gasteiger partial charge on any atom is -0.492 e. The number of ether oxygens (including phenoxy) is 1. The molecule has 1 aliphatic heterocycles. The van der Waals surface area contributed by atoms with Gasteiger partial charge in [0.25, 0.3) is 0 Å². The molecule has 5 nitrogen and oxygen atoms in total. The third-order valence-electron chi connectivity index (χ3n) is 7.45. The molecule has 0 radical (unpaired) electrons. The Balaban J connectivity index is 1.61. The van der Waals surface area contributed by atoms with E-state index in [4.69, 9.17) is 4.74 Å². The molecule has 1 N–H and O–H groups in total. The monoisotopic (exact) mass is 425 g/mol. The third kappa shape index (κ3) is 2.16. The number of aliphatic hydroxyl groups is 1. The van der Waals surface area contributed by atoms with Crippen molar-refractivity contribution >= 4 is 17.5 Å². The van der Waals surface area contributed by atoms with Crippen molar-refractivity contribution in [2.24, 2.45) is 11.8 Å². The van der Waals surface area contributed by atoms with Gasteiger partial charge in [-0.3, -0.25) is 9.59 Å². The van der Waals surface area contributed by atoms with Crippen molar-refractivity contribution in [3.8, 4) is 5.75 Å². The Hall–Kier alpha value is -3.44. The molecule has 3 aromatic rings. The van der Waals surface area contributed by atoms with Crippen LogP contribution in [0.5, 0.6) is 5.75 Å². The molecule has 0 saturated carbocycles. The summed E-state index contributed by atoms with van der Waals surface area (Å²) in [6, 6.07) is 23.0. The average molecular weight is 425 g/mol. The van der Waals surface area contributed by atoms with E-state index in [1.54, 1.807) is 18.2 Å². The van der Waals surface area contributed by atoms with E-state index < -0.39 is 17.3 Å². The van der Waals surface area contributed by atoms with Crippen LogP contribution in [0.15, 0.2) is 72.8 Å². The van der Waals surface area contributed by atoms with E-state index in [-0.39, 0.29) is 24.3 Å². The number of aliphatic hydroxyl groups excluding tert-OH is 1. The zero-order valence-electron chi connectivity index (χ0n) is 17.7. The fourth-order valence-corrected chi connectivity index (χ4v) is 6.35. The number of carbonyl (C=O) groups is 2. The number of hydrogen-bond donors (Lipinski definition) is 1. The Labute approximate surface area is 186 Å². The first-order chi connectivity index (χ1) is 15.6. The molecule has 0 aromatic heterocycles. The predicted molar refractivity (Wildman–Crippen MR) is 120 cm³/mol. The van der Waals surface area contributed by atoms with E-state index in [1.807, 2.05) is 61.5 Å². The highest BCUT2D eigenvalue weighted by Crippen LogP contribution is 2.64. The summed E-state index contributed by atoms with van der Waals surface area (Å²) in [6.45, 7) is 2.06. The van der Waals surface area contributed by atoms with Crippen molar-refractivity contribution in [1.29, 1.82) is 0 Å². The standard InChI is InChI=1S/C27H23NO4/c1-2-32-21-14-8-7-13-20(21)28-25(30)23-22-16-9-3-5-11-18(16)27(15-29,24(23)26(28)31)19-12-6-4-10-17(19)22/h3-14,22-24,29H,2,15H2,1H3/t22?,23-,24-,27?/m0/s1. The molecule has 160 valence electrons. The molecule has 2 atom stereocenters. The molecule has 0 unspecified atom stereocenters. The van der Waals surface area contributed by atoms with Crippen LogP contribution < -0.4 is 9.64 Å². The Morgan fingerprint density at radius 2 is 1.47 bits per heavy atom. The van der Waals surface area contributed by atoms with Crippen LogP contribution >= 0.6 is 0 Å². The molecular weight excluding hydrogens is 402 g/mol. The van der Waals surface area contributed by atoms with Crippen LogP contribution in [0.1, 0.15) is 35.1 Å². The number of hydrogen-bond acceptors (Lipinski definition) is 4. The number of nitrogens with zero attached hydrogens (tertiary/aromatic N) is 1. The lowest BCUT2D eigenvalue weighted by Gasteiger charge is -2.53. The maximum absolute atomic E-state index is 14.0. The summed E-state index contributed by atoms with van der Waals surface area (Å²) in [6.07, 6.45) is 0. The topological polar surface area (TPSA) is 66.8 Å². The molecule has 32 heavy (non-hydrogen) atoms. The minimum absolute atomic E-state index is 0.221. The molecule has 3 aliphatic carbocycles. The van der Waals surface area contributed by atoms with E-state index >= 15 is 0 Å². The first-order valence-corrected chi connectivity index (χ1v) is 11.0. The second-order valence-corrected chi connectivity index (χ2v) is 8.70. The quantitative estimate of drug-likeness (QED) is 0.649. The van der Waals surface area contributed by atoms with E-state index in [2.05, 4.69) is 0 Å². The molecule has 0 spiro atoms. The Kier molecular flexibility index (Phi) is 4.08. The van der Waals surface area contributed by atoms with Crippen LogP contribution in [-0.2, 0) is 15.0 Å². The zero-order valence-corrected chi connectivity index (χ0v) is 17.7. The van der Waals surface area contributed by atoms with Crippen molar-refractivity contribution < 1.29 is 19.4 Å². The van der Waals surface area contributed by atoms with E-state index in [0.717, 1.165) is 22.3 Å². The molecule has 1 saturated heterocycles. The van der Waals surface area contributed by atoms with Crippen LogP contribution in [0, 0.1) is 11.8 Å². The molecule has 5 heteroatoms. The number of rotatable bonds is 4. The first kappa shape index (κ1) is 19.3. The van der Waals surface area contributed by atoms with Crippen LogP contribution in [0.3, 0.4) is 0 Å². The number of carbonyl (C=O) groups excluding carboxylic acids is 2. The summed E-state index contributed by atoms with van der Waals surface area (Å²) in [5, 5.41) is 10.9. The number of amides is 2. The first-order valence-electron chi connectivity index (χ1n) is 11.0. The van der Waals surface area contributed by atoms with E-state index in [9.17, 15) is 14.7 Å². The summed E-state index contributed by atoms with van der Waals surface area (Å²) >= 11 is 0. The minimum atomic E-state index is -0.950. The second-order valence-electron chi connectivity index (χ2n) is 8.70. The van der Waals surface area contributed by atoms with Gasteiger partial charge in [0, 0.05) is 5.92 Å². The van der Waals surface area contributed by atoms with Crippen molar-refractivity contribution in [1.82, 2.24) is 0 Å². The maximum atomic E-state index is 14.0. The highest BCUT2D eigenvalue weighted by molar-refractivity contribution is 6.24. The number of anilines is 1. The fraction of sp³-hybridized carbons (Fsp3) is 0.259. The van der Waals surface area contributed by atoms with Crippen LogP contribution in [0.2, 0.25) is 0 Å². The highest BCUT2D eigenvalue weighted by atomic mass is 16.5. The molecule has 2 bridgehead atoms. The summed E-state index contributed by atoms with van der Waals surface area (Å²) in [7, 11) is 0. The van der Waals surface area contributed by atoms with Crippen molar-refractivity contribution in [2.75, 3.05) is 18.1 Å². The fourth-order valence-electron chi connectivity index (χ4n) is 6.35. The summed E-state index contributed by atoms with van der Waals surface area (Å²) in [5.74, 6) is -1.43. The highest BCUT2D eigenvalue weighted by Gasteiger charge is 2.68.